The van der Waals surface area contributed by atoms with E-state index in [1.165, 1.54) is 12.1 Å². The van der Waals surface area contributed by atoms with Crippen molar-refractivity contribution in [1.29, 1.82) is 0 Å². The molecule has 1 unspecified atom stereocenters. The van der Waals surface area contributed by atoms with Gasteiger partial charge in [-0.2, -0.15) is 21.6 Å². The molecule has 0 aromatic heterocycles. The molecular formula is C17H9F3I4O7S. The molecule has 0 saturated carbocycles. The van der Waals surface area contributed by atoms with Gasteiger partial charge in [0.25, 0.3) is 10.1 Å². The highest BCUT2D eigenvalue weighted by molar-refractivity contribution is 14.1. The van der Waals surface area contributed by atoms with Gasteiger partial charge in [0.15, 0.2) is 5.75 Å². The minimum atomic E-state index is -5.28. The van der Waals surface area contributed by atoms with Gasteiger partial charge in [0.1, 0.15) is 5.75 Å². The second-order valence-corrected chi connectivity index (χ2v) is 12.3. The number of carbonyl (C=O) groups excluding carboxylic acids is 2. The van der Waals surface area contributed by atoms with E-state index in [0.29, 0.717) is 10.7 Å². The van der Waals surface area contributed by atoms with Crippen LogP contribution in [0, 0.1) is 14.3 Å². The normalized spacial score (nSPS) is 12.9. The molecule has 0 aliphatic carbocycles. The van der Waals surface area contributed by atoms with Gasteiger partial charge < -0.3 is 9.47 Å². The third kappa shape index (κ3) is 8.05. The van der Waals surface area contributed by atoms with Crippen LogP contribution < -0.4 is 4.74 Å². The maximum absolute atomic E-state index is 13.1. The van der Waals surface area contributed by atoms with Crippen molar-refractivity contribution >= 4 is 112 Å². The van der Waals surface area contributed by atoms with Crippen LogP contribution in [0.1, 0.15) is 20.7 Å². The molecule has 0 aliphatic rings. The smallest absolute Gasteiger partial charge is 0.426 e. The van der Waals surface area contributed by atoms with E-state index in [1.807, 2.05) is 45.2 Å². The molecule has 0 bridgehead atoms. The molecular weight excluding hydrogens is 913 g/mol. The average Bonchev–Trinajstić information content (AvgIpc) is 2.61. The minimum absolute atomic E-state index is 0.203. The molecule has 0 amide bonds. The number of hydrogen-bond acceptors (Lipinski definition) is 6. The number of halogens is 7. The van der Waals surface area contributed by atoms with E-state index in [0.717, 1.165) is 9.64 Å². The Kier molecular flexibility index (Phi) is 9.85. The molecule has 0 heterocycles. The zero-order valence-electron chi connectivity index (χ0n) is 15.1. The lowest BCUT2D eigenvalue weighted by molar-refractivity contribution is -0.197. The topological polar surface area (TPSA) is 107 Å². The molecule has 7 nitrogen and oxygen atoms in total. The second kappa shape index (κ2) is 11.2. The van der Waals surface area contributed by atoms with Crippen LogP contribution in [0.4, 0.5) is 13.2 Å². The molecule has 174 valence electrons. The lowest BCUT2D eigenvalue weighted by Crippen LogP contribution is -2.39. The fourth-order valence-electron chi connectivity index (χ4n) is 2.22. The molecule has 0 fully saturated rings. The summed E-state index contributed by atoms with van der Waals surface area (Å²) in [6, 6.07) is 7.18. The summed E-state index contributed by atoms with van der Waals surface area (Å²) in [6.45, 7) is 0. The van der Waals surface area contributed by atoms with E-state index in [-0.39, 0.29) is 11.3 Å². The van der Waals surface area contributed by atoms with Crippen LogP contribution in [0.25, 0.3) is 0 Å². The SMILES string of the molecule is O=C(Oc1c(I)cc(I)cc1I)c1ccc(I)cc1C(=O)OC(CS(=O)(=O)O)C(F)(F)F. The summed E-state index contributed by atoms with van der Waals surface area (Å²) in [4.78, 5) is 25.2. The Labute approximate surface area is 234 Å². The summed E-state index contributed by atoms with van der Waals surface area (Å²) >= 11 is 7.73. The molecule has 15 heteroatoms. The molecule has 2 aromatic carbocycles. The maximum Gasteiger partial charge on any atom is 0.426 e. The highest BCUT2D eigenvalue weighted by atomic mass is 127. The highest BCUT2D eigenvalue weighted by Gasteiger charge is 2.46. The van der Waals surface area contributed by atoms with Gasteiger partial charge in [-0.15, -0.1) is 0 Å². The van der Waals surface area contributed by atoms with Crippen LogP contribution in [0.15, 0.2) is 30.3 Å². The zero-order chi connectivity index (χ0) is 24.4. The first-order chi connectivity index (χ1) is 14.6. The summed E-state index contributed by atoms with van der Waals surface area (Å²) in [6.07, 6.45) is -8.41. The number of hydrogen-bond donors (Lipinski definition) is 1. The van der Waals surface area contributed by atoms with Crippen LogP contribution in [0.5, 0.6) is 5.75 Å². The zero-order valence-corrected chi connectivity index (χ0v) is 24.6. The number of ether oxygens (including phenoxy) is 2. The number of carbonyl (C=O) groups is 2. The Morgan fingerprint density at radius 1 is 0.938 bits per heavy atom. The molecule has 0 saturated heterocycles. The van der Waals surface area contributed by atoms with Crippen molar-refractivity contribution in [3.05, 3.63) is 55.7 Å². The van der Waals surface area contributed by atoms with E-state index < -0.39 is 45.7 Å². The molecule has 0 radical (unpaired) electrons. The molecule has 0 aliphatic heterocycles. The van der Waals surface area contributed by atoms with Crippen molar-refractivity contribution in [3.8, 4) is 5.75 Å². The summed E-state index contributed by atoms with van der Waals surface area (Å²) in [5.74, 6) is -4.31. The highest BCUT2D eigenvalue weighted by Crippen LogP contribution is 2.31. The molecule has 32 heavy (non-hydrogen) atoms. The predicted molar refractivity (Wildman–Crippen MR) is 140 cm³/mol. The maximum atomic E-state index is 13.1. The summed E-state index contributed by atoms with van der Waals surface area (Å²) < 4.78 is 82.1. The van der Waals surface area contributed by atoms with Gasteiger partial charge in [-0.25, -0.2) is 9.59 Å². The Morgan fingerprint density at radius 3 is 2.00 bits per heavy atom. The largest absolute Gasteiger partial charge is 0.448 e. The van der Waals surface area contributed by atoms with Crippen molar-refractivity contribution in [2.75, 3.05) is 5.75 Å². The first-order valence-electron chi connectivity index (χ1n) is 7.97. The lowest BCUT2D eigenvalue weighted by Gasteiger charge is -2.20. The summed E-state index contributed by atoms with van der Waals surface area (Å²) in [5, 5.41) is 0. The van der Waals surface area contributed by atoms with Crippen molar-refractivity contribution in [1.82, 2.24) is 0 Å². The molecule has 1 atom stereocenters. The third-order valence-electron chi connectivity index (χ3n) is 3.56. The molecule has 1 N–H and O–H groups in total. The van der Waals surface area contributed by atoms with Crippen LogP contribution in [0.3, 0.4) is 0 Å². The predicted octanol–water partition coefficient (Wildman–Crippen LogP) is 5.30. The minimum Gasteiger partial charge on any atom is -0.448 e. The fraction of sp³-hybridized carbons (Fsp3) is 0.176. The molecule has 2 rings (SSSR count). The molecule has 2 aromatic rings. The van der Waals surface area contributed by atoms with E-state index in [2.05, 4.69) is 27.3 Å². The number of benzene rings is 2. The van der Waals surface area contributed by atoms with Crippen molar-refractivity contribution in [2.45, 2.75) is 12.3 Å². The van der Waals surface area contributed by atoms with Gasteiger partial charge >= 0.3 is 18.1 Å². The number of alkyl halides is 3. The first-order valence-corrected chi connectivity index (χ1v) is 13.9. The van der Waals surface area contributed by atoms with Crippen molar-refractivity contribution < 1.29 is 45.2 Å². The Hall–Kier alpha value is -0.000000000000000250. The summed E-state index contributed by atoms with van der Waals surface area (Å²) in [7, 11) is -5.12. The van der Waals surface area contributed by atoms with E-state index in [9.17, 15) is 31.2 Å². The Morgan fingerprint density at radius 2 is 1.50 bits per heavy atom. The second-order valence-electron chi connectivity index (χ2n) is 5.96. The fourth-order valence-corrected chi connectivity index (χ4v) is 7.15. The Bertz CT molecular complexity index is 1150. The van der Waals surface area contributed by atoms with Crippen molar-refractivity contribution in [2.24, 2.45) is 0 Å². The molecule has 0 spiro atoms. The van der Waals surface area contributed by atoms with Gasteiger partial charge in [0.05, 0.1) is 18.3 Å². The van der Waals surface area contributed by atoms with E-state index >= 15 is 0 Å². The monoisotopic (exact) mass is 922 g/mol. The van der Waals surface area contributed by atoms with Gasteiger partial charge in [-0.05, 0) is 121 Å². The van der Waals surface area contributed by atoms with Crippen LogP contribution in [0.2, 0.25) is 0 Å². The standard InChI is InChI=1S/C17H9F3I4O7S/c18-17(19,20)13(6-32(27,28)29)30-16(26)10-3-7(21)1-2-9(10)15(25)31-14-11(23)4-8(22)5-12(14)24/h1-5,13H,6H2,(H,27,28,29). The lowest BCUT2D eigenvalue weighted by atomic mass is 10.1. The van der Waals surface area contributed by atoms with Crippen molar-refractivity contribution in [3.63, 3.8) is 0 Å². The third-order valence-corrected chi connectivity index (χ3v) is 7.18. The van der Waals surface area contributed by atoms with Gasteiger partial charge in [-0.1, -0.05) is 0 Å². The number of esters is 2. The number of rotatable bonds is 6. The van der Waals surface area contributed by atoms with Crippen LogP contribution in [-0.4, -0.2) is 42.9 Å². The van der Waals surface area contributed by atoms with Gasteiger partial charge in [0.2, 0.25) is 6.10 Å². The van der Waals surface area contributed by atoms with Gasteiger partial charge in [0, 0.05) is 7.14 Å². The van der Waals surface area contributed by atoms with Crippen LogP contribution in [-0.2, 0) is 14.9 Å². The first kappa shape index (κ1) is 28.2. The van der Waals surface area contributed by atoms with E-state index in [4.69, 9.17) is 9.29 Å². The van der Waals surface area contributed by atoms with E-state index in [1.54, 1.807) is 34.7 Å². The van der Waals surface area contributed by atoms with Crippen LogP contribution >= 0.6 is 90.4 Å². The quantitative estimate of drug-likeness (QED) is 0.182. The Balaban J connectivity index is 2.41. The average molecular weight is 922 g/mol. The summed E-state index contributed by atoms with van der Waals surface area (Å²) in [5.41, 5.74) is -0.935. The van der Waals surface area contributed by atoms with Gasteiger partial charge in [-0.3, -0.25) is 4.55 Å².